The Labute approximate surface area is 130 Å². The fourth-order valence-electron chi connectivity index (χ4n) is 3.21. The molecule has 1 N–H and O–H groups in total. The number of carbonyl (C=O) groups excluding carboxylic acids is 1. The van der Waals surface area contributed by atoms with E-state index >= 15 is 0 Å². The summed E-state index contributed by atoms with van der Waals surface area (Å²) in [5.41, 5.74) is 1.99. The molecule has 5 nitrogen and oxygen atoms in total. The predicted octanol–water partition coefficient (Wildman–Crippen LogP) is 1.93. The lowest BCUT2D eigenvalue weighted by Gasteiger charge is -2.32. The highest BCUT2D eigenvalue weighted by Gasteiger charge is 2.33. The Balaban J connectivity index is 1.74. The lowest BCUT2D eigenvalue weighted by molar-refractivity contribution is -0.137. The minimum Gasteiger partial charge on any atom is -0.481 e. The molecule has 0 radical (unpaired) electrons. The highest BCUT2D eigenvalue weighted by molar-refractivity contribution is 5.95. The monoisotopic (exact) mass is 302 g/mol. The summed E-state index contributed by atoms with van der Waals surface area (Å²) in [6.45, 7) is 2.03. The highest BCUT2D eigenvalue weighted by Crippen LogP contribution is 2.44. The molecule has 118 valence electrons. The summed E-state index contributed by atoms with van der Waals surface area (Å²) in [7, 11) is 1.95. The number of benzene rings is 1. The lowest BCUT2D eigenvalue weighted by Crippen LogP contribution is -2.48. The van der Waals surface area contributed by atoms with Gasteiger partial charge in [0.15, 0.2) is 0 Å². The van der Waals surface area contributed by atoms with E-state index in [4.69, 9.17) is 5.11 Å². The van der Waals surface area contributed by atoms with Gasteiger partial charge in [0, 0.05) is 18.8 Å². The van der Waals surface area contributed by atoms with E-state index in [1.54, 1.807) is 0 Å². The van der Waals surface area contributed by atoms with Crippen LogP contribution in [0.15, 0.2) is 24.3 Å². The van der Waals surface area contributed by atoms with E-state index in [9.17, 15) is 9.59 Å². The summed E-state index contributed by atoms with van der Waals surface area (Å²) in [5.74, 6) is -0.0111. The average Bonchev–Trinajstić information content (AvgIpc) is 3.29. The second kappa shape index (κ2) is 6.08. The first-order chi connectivity index (χ1) is 10.5. The molecule has 1 amide bonds. The smallest absolute Gasteiger partial charge is 0.303 e. The zero-order valence-corrected chi connectivity index (χ0v) is 12.9. The Morgan fingerprint density at radius 2 is 1.95 bits per heavy atom. The van der Waals surface area contributed by atoms with Crippen molar-refractivity contribution >= 4 is 17.6 Å². The quantitative estimate of drug-likeness (QED) is 0.903. The van der Waals surface area contributed by atoms with Crippen LogP contribution in [0.3, 0.4) is 0 Å². The number of carboxylic acid groups (broad SMARTS) is 1. The molecule has 1 heterocycles. The molecule has 1 saturated carbocycles. The first-order valence-corrected chi connectivity index (χ1v) is 7.85. The van der Waals surface area contributed by atoms with E-state index in [-0.39, 0.29) is 18.2 Å². The van der Waals surface area contributed by atoms with E-state index < -0.39 is 5.97 Å². The number of hydrogen-bond donors (Lipinski definition) is 1. The summed E-state index contributed by atoms with van der Waals surface area (Å²) in [6, 6.07) is 7.89. The molecule has 1 unspecified atom stereocenters. The fourth-order valence-corrected chi connectivity index (χ4v) is 3.21. The molecule has 0 aromatic heterocycles. The number of amides is 1. The summed E-state index contributed by atoms with van der Waals surface area (Å²) in [6.07, 6.45) is 2.44. The third-order valence-electron chi connectivity index (χ3n) is 4.63. The van der Waals surface area contributed by atoms with E-state index in [0.717, 1.165) is 30.6 Å². The second-order valence-electron chi connectivity index (χ2n) is 6.42. The van der Waals surface area contributed by atoms with Gasteiger partial charge < -0.3 is 10.0 Å². The van der Waals surface area contributed by atoms with Gasteiger partial charge in [-0.15, -0.1) is 0 Å². The van der Waals surface area contributed by atoms with Gasteiger partial charge in [-0.05, 0) is 49.4 Å². The molecule has 2 fully saturated rings. The normalized spacial score (nSPS) is 21.0. The predicted molar refractivity (Wildman–Crippen MR) is 84.0 cm³/mol. The van der Waals surface area contributed by atoms with Crippen LogP contribution in [-0.4, -0.2) is 48.6 Å². The van der Waals surface area contributed by atoms with Crippen LogP contribution in [0.2, 0.25) is 0 Å². The number of aliphatic carboxylic acids is 1. The zero-order valence-electron chi connectivity index (χ0n) is 12.9. The number of anilines is 1. The topological polar surface area (TPSA) is 60.9 Å². The van der Waals surface area contributed by atoms with Crippen molar-refractivity contribution in [3.63, 3.8) is 0 Å². The Hall–Kier alpha value is -1.88. The van der Waals surface area contributed by atoms with Gasteiger partial charge in [0.2, 0.25) is 5.91 Å². The molecule has 1 aromatic rings. The van der Waals surface area contributed by atoms with Gasteiger partial charge in [-0.2, -0.15) is 0 Å². The van der Waals surface area contributed by atoms with Crippen molar-refractivity contribution in [2.75, 3.05) is 31.6 Å². The number of carbonyl (C=O) groups is 2. The van der Waals surface area contributed by atoms with E-state index in [1.165, 1.54) is 0 Å². The summed E-state index contributed by atoms with van der Waals surface area (Å²) in [4.78, 5) is 27.0. The molecular weight excluding hydrogens is 280 g/mol. The molecule has 5 heteroatoms. The van der Waals surface area contributed by atoms with Gasteiger partial charge in [-0.25, -0.2) is 0 Å². The van der Waals surface area contributed by atoms with Gasteiger partial charge in [-0.1, -0.05) is 12.1 Å². The van der Waals surface area contributed by atoms with Crippen LogP contribution in [-0.2, 0) is 9.59 Å². The van der Waals surface area contributed by atoms with Crippen LogP contribution >= 0.6 is 0 Å². The van der Waals surface area contributed by atoms with Crippen LogP contribution in [0.1, 0.15) is 30.7 Å². The number of rotatable bonds is 5. The van der Waals surface area contributed by atoms with Gasteiger partial charge in [0.25, 0.3) is 0 Å². The molecular formula is C17H22N2O3. The molecule has 1 atom stereocenters. The molecule has 0 spiro atoms. The fraction of sp³-hybridized carbons (Fsp3) is 0.529. The minimum absolute atomic E-state index is 0.106. The maximum atomic E-state index is 12.1. The Kier molecular flexibility index (Phi) is 4.16. The zero-order chi connectivity index (χ0) is 15.7. The average molecular weight is 302 g/mol. The molecule has 1 aromatic carbocycles. The highest BCUT2D eigenvalue weighted by atomic mass is 16.4. The summed E-state index contributed by atoms with van der Waals surface area (Å²) in [5, 5.41) is 9.08. The number of carboxylic acids is 1. The SMILES string of the molecule is CN1CCN(c2ccc(C(CC(=O)O)C3CC3)cc2)C(=O)C1. The molecule has 22 heavy (non-hydrogen) atoms. The third-order valence-corrected chi connectivity index (χ3v) is 4.63. The van der Waals surface area contributed by atoms with Crippen molar-refractivity contribution in [3.8, 4) is 0 Å². The van der Waals surface area contributed by atoms with Gasteiger partial charge in [-0.3, -0.25) is 14.5 Å². The molecule has 0 bridgehead atoms. The summed E-state index contributed by atoms with van der Waals surface area (Å²) < 4.78 is 0. The van der Waals surface area contributed by atoms with Gasteiger partial charge >= 0.3 is 5.97 Å². The van der Waals surface area contributed by atoms with Crippen molar-refractivity contribution in [1.29, 1.82) is 0 Å². The molecule has 3 rings (SSSR count). The van der Waals surface area contributed by atoms with E-state index in [0.29, 0.717) is 19.0 Å². The molecule has 1 saturated heterocycles. The second-order valence-corrected chi connectivity index (χ2v) is 6.42. The first kappa shape index (κ1) is 15.0. The Bertz CT molecular complexity index is 566. The van der Waals surface area contributed by atoms with Crippen LogP contribution in [0.25, 0.3) is 0 Å². The lowest BCUT2D eigenvalue weighted by atomic mass is 9.91. The molecule has 1 aliphatic heterocycles. The number of hydrogen-bond acceptors (Lipinski definition) is 3. The third kappa shape index (κ3) is 3.30. The number of piperazine rings is 1. The van der Waals surface area contributed by atoms with Crippen LogP contribution in [0, 0.1) is 5.92 Å². The maximum Gasteiger partial charge on any atom is 0.303 e. The van der Waals surface area contributed by atoms with E-state index in [1.807, 2.05) is 41.1 Å². The molecule has 1 aliphatic carbocycles. The van der Waals surface area contributed by atoms with E-state index in [2.05, 4.69) is 0 Å². The Morgan fingerprint density at radius 3 is 2.50 bits per heavy atom. The van der Waals surface area contributed by atoms with Crippen molar-refractivity contribution < 1.29 is 14.7 Å². The first-order valence-electron chi connectivity index (χ1n) is 7.85. The molecule has 2 aliphatic rings. The largest absolute Gasteiger partial charge is 0.481 e. The number of nitrogens with zero attached hydrogens (tertiary/aromatic N) is 2. The van der Waals surface area contributed by atoms with Crippen LogP contribution in [0.4, 0.5) is 5.69 Å². The standard InChI is InChI=1S/C17H22N2O3/c1-18-8-9-19(16(20)11-18)14-6-4-13(5-7-14)15(10-17(21)22)12-2-3-12/h4-7,12,15H,2-3,8-11H2,1H3,(H,21,22). The summed E-state index contributed by atoms with van der Waals surface area (Å²) >= 11 is 0. The van der Waals surface area contributed by atoms with Crippen molar-refractivity contribution in [2.45, 2.75) is 25.2 Å². The van der Waals surface area contributed by atoms with Gasteiger partial charge in [0.05, 0.1) is 13.0 Å². The number of likely N-dealkylation sites (N-methyl/N-ethyl adjacent to an activating group) is 1. The van der Waals surface area contributed by atoms with Crippen molar-refractivity contribution in [3.05, 3.63) is 29.8 Å². The Morgan fingerprint density at radius 1 is 1.27 bits per heavy atom. The van der Waals surface area contributed by atoms with Crippen LogP contribution in [0.5, 0.6) is 0 Å². The van der Waals surface area contributed by atoms with Crippen molar-refractivity contribution in [2.24, 2.45) is 5.92 Å². The maximum absolute atomic E-state index is 12.1. The minimum atomic E-state index is -0.741. The van der Waals surface area contributed by atoms with Gasteiger partial charge in [0.1, 0.15) is 0 Å². The van der Waals surface area contributed by atoms with Crippen LogP contribution < -0.4 is 4.90 Å². The van der Waals surface area contributed by atoms with Crippen molar-refractivity contribution in [1.82, 2.24) is 4.90 Å².